The fraction of sp³-hybridized carbons (Fsp3) is 0.375. The quantitative estimate of drug-likeness (QED) is 0.674. The number of likely N-dealkylation sites (N-methyl/N-ethyl adjacent to an activating group) is 1. The Hall–Kier alpha value is -1.85. The van der Waals surface area contributed by atoms with Crippen LogP contribution in [0.4, 0.5) is 11.5 Å². The van der Waals surface area contributed by atoms with E-state index in [1.807, 2.05) is 0 Å². The molecule has 1 aliphatic rings. The van der Waals surface area contributed by atoms with Crippen LogP contribution in [0.2, 0.25) is 0 Å². The highest BCUT2D eigenvalue weighted by atomic mass is 16.5. The molecule has 0 saturated carbocycles. The average molecular weight is 194 g/mol. The number of hydrogen-bond donors (Lipinski definition) is 1. The lowest BCUT2D eigenvalue weighted by Gasteiger charge is -2.25. The number of fused-ring (bicyclic) bond motifs is 1. The Morgan fingerprint density at radius 1 is 1.64 bits per heavy atom. The summed E-state index contributed by atoms with van der Waals surface area (Å²) in [5.41, 5.74) is 0.615. The minimum atomic E-state index is -0.0613. The van der Waals surface area contributed by atoms with Crippen molar-refractivity contribution in [3.05, 3.63) is 6.20 Å². The SMILES string of the molecule is COc1ncc2c(n1)N(C)CC(=O)N2. The first-order chi connectivity index (χ1) is 6.70. The van der Waals surface area contributed by atoms with E-state index in [4.69, 9.17) is 4.74 Å². The monoisotopic (exact) mass is 194 g/mol. The number of carbonyl (C=O) groups is 1. The predicted octanol–water partition coefficient (Wildman–Crippen LogP) is -0.127. The van der Waals surface area contributed by atoms with Gasteiger partial charge in [0.2, 0.25) is 5.91 Å². The summed E-state index contributed by atoms with van der Waals surface area (Å²) in [7, 11) is 3.30. The van der Waals surface area contributed by atoms with Gasteiger partial charge in [-0.15, -0.1) is 0 Å². The van der Waals surface area contributed by atoms with Gasteiger partial charge in [-0.2, -0.15) is 4.98 Å². The van der Waals surface area contributed by atoms with Crippen molar-refractivity contribution in [1.29, 1.82) is 0 Å². The van der Waals surface area contributed by atoms with Gasteiger partial charge in [-0.25, -0.2) is 4.98 Å². The molecule has 0 aromatic carbocycles. The van der Waals surface area contributed by atoms with Crippen LogP contribution in [0.15, 0.2) is 6.20 Å². The molecule has 1 aromatic rings. The maximum Gasteiger partial charge on any atom is 0.318 e. The molecule has 0 fully saturated rings. The van der Waals surface area contributed by atoms with Crippen LogP contribution in [-0.2, 0) is 4.79 Å². The van der Waals surface area contributed by atoms with Crippen LogP contribution < -0.4 is 15.0 Å². The van der Waals surface area contributed by atoms with E-state index >= 15 is 0 Å². The lowest BCUT2D eigenvalue weighted by Crippen LogP contribution is -2.36. The van der Waals surface area contributed by atoms with E-state index in [2.05, 4.69) is 15.3 Å². The molecule has 0 aliphatic carbocycles. The zero-order valence-corrected chi connectivity index (χ0v) is 7.94. The molecule has 74 valence electrons. The number of aromatic nitrogens is 2. The number of rotatable bonds is 1. The second kappa shape index (κ2) is 3.13. The fourth-order valence-electron chi connectivity index (χ4n) is 1.31. The standard InChI is InChI=1S/C8H10N4O2/c1-12-4-6(13)10-5-3-9-8(14-2)11-7(5)12/h3H,4H2,1-2H3,(H,10,13). The molecular weight excluding hydrogens is 184 g/mol. The molecule has 6 nitrogen and oxygen atoms in total. The van der Waals surface area contributed by atoms with Crippen LogP contribution in [0.25, 0.3) is 0 Å². The van der Waals surface area contributed by atoms with Crippen molar-refractivity contribution < 1.29 is 9.53 Å². The molecule has 0 saturated heterocycles. The van der Waals surface area contributed by atoms with Crippen LogP contribution >= 0.6 is 0 Å². The van der Waals surface area contributed by atoms with Gasteiger partial charge in [0.05, 0.1) is 19.9 Å². The topological polar surface area (TPSA) is 67.4 Å². The van der Waals surface area contributed by atoms with Gasteiger partial charge in [-0.1, -0.05) is 0 Å². The second-order valence-electron chi connectivity index (χ2n) is 3.00. The summed E-state index contributed by atoms with van der Waals surface area (Å²) in [5, 5.41) is 2.68. The van der Waals surface area contributed by atoms with Gasteiger partial charge in [0.15, 0.2) is 5.82 Å². The molecule has 0 spiro atoms. The molecule has 2 rings (SSSR count). The third kappa shape index (κ3) is 1.34. The molecule has 1 aromatic heterocycles. The van der Waals surface area contributed by atoms with E-state index in [9.17, 15) is 4.79 Å². The molecular formula is C8H10N4O2. The van der Waals surface area contributed by atoms with Gasteiger partial charge >= 0.3 is 6.01 Å². The van der Waals surface area contributed by atoms with Crippen molar-refractivity contribution in [3.8, 4) is 6.01 Å². The average Bonchev–Trinajstić information content (AvgIpc) is 2.17. The highest BCUT2D eigenvalue weighted by Gasteiger charge is 2.21. The van der Waals surface area contributed by atoms with E-state index in [0.29, 0.717) is 24.1 Å². The summed E-state index contributed by atoms with van der Waals surface area (Å²) in [6, 6.07) is 0.298. The summed E-state index contributed by atoms with van der Waals surface area (Å²) in [4.78, 5) is 20.9. The summed E-state index contributed by atoms with van der Waals surface area (Å²) >= 11 is 0. The van der Waals surface area contributed by atoms with Crippen LogP contribution in [0.1, 0.15) is 0 Å². The minimum absolute atomic E-state index is 0.0613. The fourth-order valence-corrected chi connectivity index (χ4v) is 1.31. The highest BCUT2D eigenvalue weighted by molar-refractivity contribution is 5.99. The van der Waals surface area contributed by atoms with Gasteiger partial charge in [0, 0.05) is 7.05 Å². The van der Waals surface area contributed by atoms with Crippen molar-refractivity contribution in [2.24, 2.45) is 0 Å². The maximum absolute atomic E-state index is 11.2. The molecule has 6 heteroatoms. The number of amides is 1. The van der Waals surface area contributed by atoms with Crippen molar-refractivity contribution in [2.75, 3.05) is 30.9 Å². The molecule has 0 unspecified atom stereocenters. The molecule has 2 heterocycles. The summed E-state index contributed by atoms with van der Waals surface area (Å²) in [6.07, 6.45) is 1.54. The summed E-state index contributed by atoms with van der Waals surface area (Å²) < 4.78 is 4.89. The number of hydrogen-bond acceptors (Lipinski definition) is 5. The first kappa shape index (κ1) is 8.74. The normalized spacial score (nSPS) is 14.7. The molecule has 0 radical (unpaired) electrons. The van der Waals surface area contributed by atoms with Gasteiger partial charge in [-0.3, -0.25) is 4.79 Å². The minimum Gasteiger partial charge on any atom is -0.467 e. The summed E-state index contributed by atoms with van der Waals surface area (Å²) in [6.45, 7) is 0.299. The van der Waals surface area contributed by atoms with E-state index in [1.54, 1.807) is 11.9 Å². The zero-order valence-electron chi connectivity index (χ0n) is 7.94. The van der Waals surface area contributed by atoms with E-state index in [0.717, 1.165) is 0 Å². The van der Waals surface area contributed by atoms with Crippen LogP contribution in [0, 0.1) is 0 Å². The Morgan fingerprint density at radius 2 is 2.43 bits per heavy atom. The number of anilines is 2. The molecule has 0 atom stereocenters. The van der Waals surface area contributed by atoms with Gasteiger partial charge in [-0.05, 0) is 0 Å². The van der Waals surface area contributed by atoms with Gasteiger partial charge < -0.3 is 15.0 Å². The lowest BCUT2D eigenvalue weighted by atomic mass is 10.3. The van der Waals surface area contributed by atoms with E-state index in [-0.39, 0.29) is 5.91 Å². The van der Waals surface area contributed by atoms with Crippen LogP contribution in [0.3, 0.4) is 0 Å². The Kier molecular flexibility index (Phi) is 1.95. The Bertz CT molecular complexity index is 380. The first-order valence-corrected chi connectivity index (χ1v) is 4.12. The van der Waals surface area contributed by atoms with Crippen molar-refractivity contribution in [2.45, 2.75) is 0 Å². The Labute approximate surface area is 80.9 Å². The maximum atomic E-state index is 11.2. The third-order valence-electron chi connectivity index (χ3n) is 1.95. The third-order valence-corrected chi connectivity index (χ3v) is 1.95. The number of methoxy groups -OCH3 is 1. The number of nitrogens with zero attached hydrogens (tertiary/aromatic N) is 3. The van der Waals surface area contributed by atoms with Crippen molar-refractivity contribution >= 4 is 17.4 Å². The number of ether oxygens (including phenoxy) is 1. The molecule has 14 heavy (non-hydrogen) atoms. The predicted molar refractivity (Wildman–Crippen MR) is 50.5 cm³/mol. The molecule has 1 N–H and O–H groups in total. The highest BCUT2D eigenvalue weighted by Crippen LogP contribution is 2.26. The lowest BCUT2D eigenvalue weighted by molar-refractivity contribution is -0.115. The van der Waals surface area contributed by atoms with Gasteiger partial charge in [0.1, 0.15) is 5.69 Å². The van der Waals surface area contributed by atoms with Crippen molar-refractivity contribution in [3.63, 3.8) is 0 Å². The second-order valence-corrected chi connectivity index (χ2v) is 3.00. The van der Waals surface area contributed by atoms with E-state index < -0.39 is 0 Å². The van der Waals surface area contributed by atoms with Crippen LogP contribution in [0.5, 0.6) is 6.01 Å². The van der Waals surface area contributed by atoms with Crippen molar-refractivity contribution in [1.82, 2.24) is 9.97 Å². The smallest absolute Gasteiger partial charge is 0.318 e. The van der Waals surface area contributed by atoms with Crippen LogP contribution in [-0.4, -0.2) is 36.6 Å². The number of carbonyl (C=O) groups excluding carboxylic acids is 1. The zero-order chi connectivity index (χ0) is 10.1. The molecule has 1 aliphatic heterocycles. The molecule has 0 bridgehead atoms. The summed E-state index contributed by atoms with van der Waals surface area (Å²) in [5.74, 6) is 0.616. The first-order valence-electron chi connectivity index (χ1n) is 4.12. The van der Waals surface area contributed by atoms with E-state index in [1.165, 1.54) is 13.3 Å². The molecule has 1 amide bonds. The Morgan fingerprint density at radius 3 is 3.14 bits per heavy atom. The largest absolute Gasteiger partial charge is 0.467 e. The Balaban J connectivity index is 2.44. The van der Waals surface area contributed by atoms with Gasteiger partial charge in [0.25, 0.3) is 0 Å². The number of nitrogens with one attached hydrogen (secondary N) is 1.